The van der Waals surface area contributed by atoms with Gasteiger partial charge in [-0.1, -0.05) is 0 Å². The second kappa shape index (κ2) is 5.07. The molecule has 0 unspecified atom stereocenters. The van der Waals surface area contributed by atoms with Crippen molar-refractivity contribution >= 4 is 5.78 Å². The minimum Gasteiger partial charge on any atom is -0.493 e. The van der Waals surface area contributed by atoms with Crippen molar-refractivity contribution in [2.75, 3.05) is 13.7 Å². The first-order chi connectivity index (χ1) is 7.90. The smallest absolute Gasteiger partial charge is 0.454 e. The molecule has 6 heteroatoms. The molecule has 0 radical (unpaired) electrons. The monoisotopic (exact) mass is 248 g/mol. The van der Waals surface area contributed by atoms with Crippen molar-refractivity contribution in [1.82, 2.24) is 0 Å². The fourth-order valence-electron chi connectivity index (χ4n) is 1.25. The molecule has 17 heavy (non-hydrogen) atoms. The molecule has 1 aromatic carbocycles. The Balaban J connectivity index is 3.12. The molecule has 0 atom stereocenters. The quantitative estimate of drug-likeness (QED) is 0.768. The fourth-order valence-corrected chi connectivity index (χ4v) is 1.25. The SMILES string of the molecule is CCOc1cc(C(=O)C(F)(F)F)ccc1OC. The van der Waals surface area contributed by atoms with Gasteiger partial charge in [-0.15, -0.1) is 0 Å². The number of carbonyl (C=O) groups is 1. The normalized spacial score (nSPS) is 11.1. The van der Waals surface area contributed by atoms with Gasteiger partial charge in [-0.25, -0.2) is 0 Å². The summed E-state index contributed by atoms with van der Waals surface area (Å²) in [5, 5.41) is 0. The zero-order chi connectivity index (χ0) is 13.1. The first-order valence-electron chi connectivity index (χ1n) is 4.82. The third-order valence-corrected chi connectivity index (χ3v) is 1.98. The molecule has 0 saturated heterocycles. The van der Waals surface area contributed by atoms with Crippen LogP contribution in [0.3, 0.4) is 0 Å². The van der Waals surface area contributed by atoms with Crippen molar-refractivity contribution in [2.45, 2.75) is 13.1 Å². The maximum absolute atomic E-state index is 12.2. The molecule has 0 aliphatic rings. The number of Topliss-reactive ketones (excluding diaryl/α,β-unsaturated/α-hetero) is 1. The van der Waals surface area contributed by atoms with Gasteiger partial charge in [-0.2, -0.15) is 13.2 Å². The largest absolute Gasteiger partial charge is 0.493 e. The summed E-state index contributed by atoms with van der Waals surface area (Å²) in [6.45, 7) is 1.94. The van der Waals surface area contributed by atoms with E-state index < -0.39 is 17.5 Å². The third kappa shape index (κ3) is 3.12. The summed E-state index contributed by atoms with van der Waals surface area (Å²) in [4.78, 5) is 11.0. The van der Waals surface area contributed by atoms with E-state index in [1.54, 1.807) is 6.92 Å². The van der Waals surface area contributed by atoms with Crippen LogP contribution in [0.4, 0.5) is 13.2 Å². The molecule has 0 spiro atoms. The molecule has 0 saturated carbocycles. The van der Waals surface area contributed by atoms with Crippen LogP contribution in [0.15, 0.2) is 18.2 Å². The Labute approximate surface area is 96.1 Å². The highest BCUT2D eigenvalue weighted by molar-refractivity contribution is 6.00. The summed E-state index contributed by atoms with van der Waals surface area (Å²) in [5.41, 5.74) is -0.471. The average molecular weight is 248 g/mol. The van der Waals surface area contributed by atoms with Crippen molar-refractivity contribution in [3.05, 3.63) is 23.8 Å². The number of carbonyl (C=O) groups excluding carboxylic acids is 1. The van der Waals surface area contributed by atoms with E-state index in [4.69, 9.17) is 9.47 Å². The Bertz CT molecular complexity index is 413. The van der Waals surface area contributed by atoms with Crippen LogP contribution in [0.25, 0.3) is 0 Å². The van der Waals surface area contributed by atoms with Crippen molar-refractivity contribution in [1.29, 1.82) is 0 Å². The predicted molar refractivity (Wildman–Crippen MR) is 54.5 cm³/mol. The van der Waals surface area contributed by atoms with Gasteiger partial charge in [0.15, 0.2) is 11.5 Å². The number of ether oxygens (including phenoxy) is 2. The van der Waals surface area contributed by atoms with Gasteiger partial charge < -0.3 is 9.47 Å². The summed E-state index contributed by atoms with van der Waals surface area (Å²) >= 11 is 0. The third-order valence-electron chi connectivity index (χ3n) is 1.98. The summed E-state index contributed by atoms with van der Waals surface area (Å²) in [5.74, 6) is -1.50. The van der Waals surface area contributed by atoms with Gasteiger partial charge in [-0.05, 0) is 25.1 Å². The number of rotatable bonds is 4. The van der Waals surface area contributed by atoms with E-state index in [1.165, 1.54) is 13.2 Å². The van der Waals surface area contributed by atoms with Crippen molar-refractivity contribution in [2.24, 2.45) is 0 Å². The number of benzene rings is 1. The molecule has 0 fully saturated rings. The first-order valence-corrected chi connectivity index (χ1v) is 4.82. The van der Waals surface area contributed by atoms with Crippen LogP contribution in [0, 0.1) is 0 Å². The Kier molecular flexibility index (Phi) is 3.98. The van der Waals surface area contributed by atoms with Crippen LogP contribution >= 0.6 is 0 Å². The van der Waals surface area contributed by atoms with Gasteiger partial charge in [0, 0.05) is 5.56 Å². The van der Waals surface area contributed by atoms with E-state index >= 15 is 0 Å². The van der Waals surface area contributed by atoms with E-state index in [0.29, 0.717) is 0 Å². The number of ketones is 1. The highest BCUT2D eigenvalue weighted by atomic mass is 19.4. The van der Waals surface area contributed by atoms with Crippen molar-refractivity contribution in [3.8, 4) is 11.5 Å². The maximum atomic E-state index is 12.2. The molecule has 0 heterocycles. The first kappa shape index (κ1) is 13.3. The second-order valence-corrected chi connectivity index (χ2v) is 3.13. The molecule has 94 valence electrons. The van der Waals surface area contributed by atoms with Crippen LogP contribution in [0.2, 0.25) is 0 Å². The number of methoxy groups -OCH3 is 1. The molecule has 0 aliphatic heterocycles. The Morgan fingerprint density at radius 3 is 2.41 bits per heavy atom. The van der Waals surface area contributed by atoms with Gasteiger partial charge >= 0.3 is 6.18 Å². The minimum atomic E-state index is -4.89. The lowest BCUT2D eigenvalue weighted by Gasteiger charge is -2.11. The number of halogens is 3. The second-order valence-electron chi connectivity index (χ2n) is 3.13. The molecular weight excluding hydrogens is 237 g/mol. The van der Waals surface area contributed by atoms with Gasteiger partial charge in [0.05, 0.1) is 13.7 Å². The van der Waals surface area contributed by atoms with Crippen molar-refractivity contribution in [3.63, 3.8) is 0 Å². The van der Waals surface area contributed by atoms with Crippen LogP contribution < -0.4 is 9.47 Å². The highest BCUT2D eigenvalue weighted by Crippen LogP contribution is 2.30. The van der Waals surface area contributed by atoms with Gasteiger partial charge in [-0.3, -0.25) is 4.79 Å². The molecular formula is C11H11F3O3. The highest BCUT2D eigenvalue weighted by Gasteiger charge is 2.39. The summed E-state index contributed by atoms with van der Waals surface area (Å²) < 4.78 is 46.6. The summed E-state index contributed by atoms with van der Waals surface area (Å²) in [6.07, 6.45) is -4.89. The van der Waals surface area contributed by atoms with E-state index in [2.05, 4.69) is 0 Å². The Morgan fingerprint density at radius 2 is 1.94 bits per heavy atom. The zero-order valence-corrected chi connectivity index (χ0v) is 9.30. The van der Waals surface area contributed by atoms with E-state index in [9.17, 15) is 18.0 Å². The number of hydrogen-bond donors (Lipinski definition) is 0. The lowest BCUT2D eigenvalue weighted by atomic mass is 10.1. The molecule has 0 amide bonds. The lowest BCUT2D eigenvalue weighted by Crippen LogP contribution is -2.22. The van der Waals surface area contributed by atoms with Crippen LogP contribution in [0.5, 0.6) is 11.5 Å². The molecule has 0 bridgehead atoms. The van der Waals surface area contributed by atoms with E-state index in [0.717, 1.165) is 12.1 Å². The van der Waals surface area contributed by atoms with Crippen LogP contribution in [0.1, 0.15) is 17.3 Å². The van der Waals surface area contributed by atoms with Gasteiger partial charge in [0.2, 0.25) is 0 Å². The minimum absolute atomic E-state index is 0.116. The molecule has 1 aromatic rings. The fraction of sp³-hybridized carbons (Fsp3) is 0.364. The predicted octanol–water partition coefficient (Wildman–Crippen LogP) is 2.84. The molecule has 0 aliphatic carbocycles. The van der Waals surface area contributed by atoms with Gasteiger partial charge in [0.1, 0.15) is 0 Å². The zero-order valence-electron chi connectivity index (χ0n) is 9.30. The van der Waals surface area contributed by atoms with Crippen LogP contribution in [-0.2, 0) is 0 Å². The van der Waals surface area contributed by atoms with Crippen molar-refractivity contribution < 1.29 is 27.4 Å². The maximum Gasteiger partial charge on any atom is 0.454 e. The van der Waals surface area contributed by atoms with Gasteiger partial charge in [0.25, 0.3) is 5.78 Å². The molecule has 1 rings (SSSR count). The summed E-state index contributed by atoms with van der Waals surface area (Å²) in [7, 11) is 1.36. The molecule has 3 nitrogen and oxygen atoms in total. The molecule has 0 aromatic heterocycles. The standard InChI is InChI=1S/C11H11F3O3/c1-3-17-9-6-7(4-5-8(9)16-2)10(15)11(12,13)14/h4-6H,3H2,1-2H3. The van der Waals surface area contributed by atoms with E-state index in [1.807, 2.05) is 0 Å². The lowest BCUT2D eigenvalue weighted by molar-refractivity contribution is -0.0885. The van der Waals surface area contributed by atoms with Crippen LogP contribution in [-0.4, -0.2) is 25.7 Å². The summed E-state index contributed by atoms with van der Waals surface area (Å²) in [6, 6.07) is 3.35. The Hall–Kier alpha value is -1.72. The molecule has 0 N–H and O–H groups in total. The number of alkyl halides is 3. The average Bonchev–Trinajstić information content (AvgIpc) is 2.27. The Morgan fingerprint density at radius 1 is 1.29 bits per heavy atom. The van der Waals surface area contributed by atoms with E-state index in [-0.39, 0.29) is 18.1 Å². The topological polar surface area (TPSA) is 35.5 Å². The number of hydrogen-bond acceptors (Lipinski definition) is 3.